The van der Waals surface area contributed by atoms with Crippen molar-refractivity contribution in [1.82, 2.24) is 0 Å². The summed E-state index contributed by atoms with van der Waals surface area (Å²) in [5.41, 5.74) is 8.72. The van der Waals surface area contributed by atoms with E-state index < -0.39 is 0 Å². The molecule has 8 aromatic rings. The Hall–Kier alpha value is -5.68. The second-order valence-corrected chi connectivity index (χ2v) is 11.5. The molecule has 8 rings (SSSR count). The van der Waals surface area contributed by atoms with Gasteiger partial charge in [0.15, 0.2) is 0 Å². The minimum absolute atomic E-state index is 0.463. The third kappa shape index (κ3) is 3.79. The summed E-state index contributed by atoms with van der Waals surface area (Å²) >= 11 is 1.80. The minimum Gasteiger partial charge on any atom is -0.456 e. The molecule has 42 heavy (non-hydrogen) atoms. The minimum atomic E-state index is 0.463. The zero-order valence-electron chi connectivity index (χ0n) is 22.3. The Balaban J connectivity index is 1.47. The predicted octanol–water partition coefficient (Wildman–Crippen LogP) is 10.7. The molecule has 0 radical (unpaired) electrons. The summed E-state index contributed by atoms with van der Waals surface area (Å²) in [5.74, 6) is 0. The second-order valence-electron chi connectivity index (χ2n) is 10.4. The molecular formula is C38H20N2OS. The number of benzene rings is 6. The van der Waals surface area contributed by atoms with Crippen LogP contribution in [-0.4, -0.2) is 0 Å². The number of hydrogen-bond acceptors (Lipinski definition) is 4. The first-order valence-corrected chi connectivity index (χ1v) is 14.4. The fourth-order valence-corrected chi connectivity index (χ4v) is 7.19. The van der Waals surface area contributed by atoms with Gasteiger partial charge in [0.05, 0.1) is 23.3 Å². The molecule has 0 saturated carbocycles. The SMILES string of the molecule is N#Cc1cc(C#N)cc(-c2cc(-c3cccc4oc5ccccc5c34)cc(-c3cccc4sc5ccccc5c34)c2)c1. The maximum Gasteiger partial charge on any atom is 0.136 e. The van der Waals surface area contributed by atoms with Crippen LogP contribution in [-0.2, 0) is 0 Å². The van der Waals surface area contributed by atoms with Gasteiger partial charge in [-0.1, -0.05) is 60.7 Å². The molecule has 0 spiro atoms. The quantitative estimate of drug-likeness (QED) is 0.219. The Morgan fingerprint density at radius 3 is 1.81 bits per heavy atom. The van der Waals surface area contributed by atoms with Crippen LogP contribution in [0.25, 0.3) is 75.5 Å². The number of nitriles is 2. The van der Waals surface area contributed by atoms with Gasteiger partial charge in [-0.3, -0.25) is 0 Å². The van der Waals surface area contributed by atoms with Crippen molar-refractivity contribution in [3.8, 4) is 45.5 Å². The molecule has 0 fully saturated rings. The molecule has 0 bridgehead atoms. The topological polar surface area (TPSA) is 60.7 Å². The highest BCUT2D eigenvalue weighted by atomic mass is 32.1. The van der Waals surface area contributed by atoms with Gasteiger partial charge in [-0.2, -0.15) is 10.5 Å². The third-order valence-corrected chi connectivity index (χ3v) is 9.02. The van der Waals surface area contributed by atoms with E-state index in [0.29, 0.717) is 11.1 Å². The van der Waals surface area contributed by atoms with Crippen LogP contribution in [0.5, 0.6) is 0 Å². The molecule has 2 heterocycles. The van der Waals surface area contributed by atoms with Crippen LogP contribution in [0, 0.1) is 22.7 Å². The van der Waals surface area contributed by atoms with Crippen LogP contribution in [0.4, 0.5) is 0 Å². The Bertz CT molecular complexity index is 2280. The van der Waals surface area contributed by atoms with Gasteiger partial charge < -0.3 is 4.42 Å². The molecule has 0 aliphatic heterocycles. The van der Waals surface area contributed by atoms with Crippen molar-refractivity contribution in [2.75, 3.05) is 0 Å². The van der Waals surface area contributed by atoms with Crippen molar-refractivity contribution in [2.45, 2.75) is 0 Å². The summed E-state index contributed by atoms with van der Waals surface area (Å²) in [7, 11) is 0. The summed E-state index contributed by atoms with van der Waals surface area (Å²) in [5, 5.41) is 24.0. The van der Waals surface area contributed by atoms with Crippen LogP contribution < -0.4 is 0 Å². The smallest absolute Gasteiger partial charge is 0.136 e. The molecule has 0 N–H and O–H groups in total. The summed E-state index contributed by atoms with van der Waals surface area (Å²) < 4.78 is 8.72. The highest BCUT2D eigenvalue weighted by Gasteiger charge is 2.17. The average Bonchev–Trinajstić information content (AvgIpc) is 3.62. The third-order valence-electron chi connectivity index (χ3n) is 7.88. The van der Waals surface area contributed by atoms with Crippen LogP contribution in [0.3, 0.4) is 0 Å². The molecule has 194 valence electrons. The van der Waals surface area contributed by atoms with E-state index in [-0.39, 0.29) is 0 Å². The fraction of sp³-hybridized carbons (Fsp3) is 0. The van der Waals surface area contributed by atoms with E-state index in [4.69, 9.17) is 4.42 Å². The lowest BCUT2D eigenvalue weighted by atomic mass is 9.89. The maximum absolute atomic E-state index is 9.72. The number of rotatable bonds is 3. The van der Waals surface area contributed by atoms with Gasteiger partial charge in [0, 0.05) is 30.9 Å². The largest absolute Gasteiger partial charge is 0.456 e. The van der Waals surface area contributed by atoms with E-state index in [2.05, 4.69) is 84.9 Å². The Labute approximate surface area is 245 Å². The maximum atomic E-state index is 9.72. The van der Waals surface area contributed by atoms with Crippen molar-refractivity contribution in [3.05, 3.63) is 132 Å². The number of hydrogen-bond donors (Lipinski definition) is 0. The van der Waals surface area contributed by atoms with Crippen LogP contribution in [0.1, 0.15) is 11.1 Å². The molecule has 0 saturated heterocycles. The zero-order valence-corrected chi connectivity index (χ0v) is 23.1. The molecule has 3 nitrogen and oxygen atoms in total. The van der Waals surface area contributed by atoms with Crippen molar-refractivity contribution in [2.24, 2.45) is 0 Å². The first-order chi connectivity index (χ1) is 20.7. The van der Waals surface area contributed by atoms with E-state index in [1.54, 1.807) is 17.4 Å². The molecule has 0 aliphatic rings. The van der Waals surface area contributed by atoms with Crippen LogP contribution in [0.15, 0.2) is 126 Å². The first-order valence-electron chi connectivity index (χ1n) is 13.6. The number of para-hydroxylation sites is 1. The monoisotopic (exact) mass is 552 g/mol. The molecule has 0 aliphatic carbocycles. The lowest BCUT2D eigenvalue weighted by Gasteiger charge is -2.14. The Morgan fingerprint density at radius 1 is 0.476 bits per heavy atom. The van der Waals surface area contributed by atoms with Crippen LogP contribution >= 0.6 is 11.3 Å². The summed E-state index contributed by atoms with van der Waals surface area (Å²) in [6, 6.07) is 45.7. The number of fused-ring (bicyclic) bond motifs is 6. The lowest BCUT2D eigenvalue weighted by molar-refractivity contribution is 0.669. The first kappa shape index (κ1) is 24.1. The molecule has 0 amide bonds. The highest BCUT2D eigenvalue weighted by molar-refractivity contribution is 7.25. The van der Waals surface area contributed by atoms with Gasteiger partial charge >= 0.3 is 0 Å². The van der Waals surface area contributed by atoms with Gasteiger partial charge in [0.2, 0.25) is 0 Å². The Kier molecular flexibility index (Phi) is 5.44. The molecule has 0 atom stereocenters. The average molecular weight is 553 g/mol. The molecule has 0 unspecified atom stereocenters. The summed E-state index contributed by atoms with van der Waals surface area (Å²) in [4.78, 5) is 0. The fourth-order valence-electron chi connectivity index (χ4n) is 6.06. The standard InChI is InChI=1S/C38H20N2OS/c39-21-23-15-24(22-40)17-25(16-23)26-18-27(29-9-5-12-34-37(29)31-7-1-3-11-33(31)41-34)20-28(19-26)30-10-6-14-36-38(30)32-8-2-4-13-35(32)42-36/h1-20H. The van der Waals surface area contributed by atoms with Gasteiger partial charge in [-0.25, -0.2) is 0 Å². The van der Waals surface area contributed by atoms with Crippen molar-refractivity contribution >= 4 is 53.4 Å². The second kappa shape index (κ2) is 9.46. The summed E-state index contributed by atoms with van der Waals surface area (Å²) in [6.45, 7) is 0. The highest BCUT2D eigenvalue weighted by Crippen LogP contribution is 2.44. The van der Waals surface area contributed by atoms with E-state index in [9.17, 15) is 10.5 Å². The number of nitrogens with zero attached hydrogens (tertiary/aromatic N) is 2. The summed E-state index contributed by atoms with van der Waals surface area (Å²) in [6.07, 6.45) is 0. The van der Waals surface area contributed by atoms with Gasteiger partial charge in [0.1, 0.15) is 11.2 Å². The number of furan rings is 1. The zero-order chi connectivity index (χ0) is 28.2. The Morgan fingerprint density at radius 2 is 1.05 bits per heavy atom. The van der Waals surface area contributed by atoms with Crippen molar-refractivity contribution in [3.63, 3.8) is 0 Å². The van der Waals surface area contributed by atoms with E-state index in [1.807, 2.05) is 42.5 Å². The molecule has 2 aromatic heterocycles. The van der Waals surface area contributed by atoms with Crippen LogP contribution in [0.2, 0.25) is 0 Å². The molecule has 6 aromatic carbocycles. The van der Waals surface area contributed by atoms with Crippen molar-refractivity contribution < 1.29 is 4.42 Å². The molecular weight excluding hydrogens is 532 g/mol. The van der Waals surface area contributed by atoms with Crippen molar-refractivity contribution in [1.29, 1.82) is 10.5 Å². The lowest BCUT2D eigenvalue weighted by Crippen LogP contribution is -1.89. The van der Waals surface area contributed by atoms with E-state index in [1.165, 1.54) is 20.2 Å². The van der Waals surface area contributed by atoms with Gasteiger partial charge in [0.25, 0.3) is 0 Å². The van der Waals surface area contributed by atoms with Gasteiger partial charge in [-0.15, -0.1) is 11.3 Å². The van der Waals surface area contributed by atoms with E-state index in [0.717, 1.165) is 55.3 Å². The normalized spacial score (nSPS) is 11.3. The van der Waals surface area contributed by atoms with Gasteiger partial charge in [-0.05, 0) is 94.0 Å². The van der Waals surface area contributed by atoms with E-state index >= 15 is 0 Å². The molecule has 4 heteroatoms. The number of thiophene rings is 1. The predicted molar refractivity (Wildman–Crippen MR) is 172 cm³/mol.